The van der Waals surface area contributed by atoms with E-state index in [0.29, 0.717) is 16.5 Å². The minimum Gasteiger partial charge on any atom is -0.422 e. The second-order valence-electron chi connectivity index (χ2n) is 7.87. The molecule has 1 N–H and O–H groups in total. The van der Waals surface area contributed by atoms with Gasteiger partial charge in [0.25, 0.3) is 0 Å². The van der Waals surface area contributed by atoms with Gasteiger partial charge in [-0.3, -0.25) is 0 Å². The third kappa shape index (κ3) is 5.99. The Balaban J connectivity index is 1.99. The minimum atomic E-state index is -4.13. The molecule has 0 aliphatic rings. The molecule has 0 unspecified atom stereocenters. The van der Waals surface area contributed by atoms with Crippen LogP contribution < -0.4 is 15.1 Å². The van der Waals surface area contributed by atoms with Crippen molar-refractivity contribution in [2.45, 2.75) is 18.2 Å². The highest BCUT2D eigenvalue weighted by atomic mass is 35.5. The van der Waals surface area contributed by atoms with Gasteiger partial charge >= 0.3 is 11.7 Å². The highest BCUT2D eigenvalue weighted by molar-refractivity contribution is 7.89. The molecule has 0 atom stereocenters. The molecule has 0 saturated heterocycles. The van der Waals surface area contributed by atoms with E-state index in [9.17, 15) is 22.4 Å². The van der Waals surface area contributed by atoms with Gasteiger partial charge in [0, 0.05) is 51.2 Å². The van der Waals surface area contributed by atoms with E-state index in [-0.39, 0.29) is 41.5 Å². The SMILES string of the molecule is COCCNS(=O)(=O)c1cc(Cc2c(C)c3cc(Cl)c(OC(=O)N(C)C)cc3oc2=O)ccc1F. The zero-order valence-electron chi connectivity index (χ0n) is 19.5. The lowest BCUT2D eigenvalue weighted by Gasteiger charge is -2.14. The van der Waals surface area contributed by atoms with Crippen molar-refractivity contribution in [1.29, 1.82) is 0 Å². The van der Waals surface area contributed by atoms with E-state index in [1.54, 1.807) is 6.92 Å². The van der Waals surface area contributed by atoms with E-state index in [1.807, 2.05) is 0 Å². The summed E-state index contributed by atoms with van der Waals surface area (Å²) in [5.74, 6) is -0.893. The molecule has 1 amide bonds. The maximum absolute atomic E-state index is 14.3. The van der Waals surface area contributed by atoms with Crippen LogP contribution in [0.25, 0.3) is 11.0 Å². The van der Waals surface area contributed by atoms with Gasteiger partial charge in [0.05, 0.1) is 11.6 Å². The Hall–Kier alpha value is -2.99. The van der Waals surface area contributed by atoms with E-state index in [1.165, 1.54) is 50.4 Å². The van der Waals surface area contributed by atoms with Crippen molar-refractivity contribution in [2.75, 3.05) is 34.4 Å². The van der Waals surface area contributed by atoms with Gasteiger partial charge in [-0.05, 0) is 36.2 Å². The highest BCUT2D eigenvalue weighted by Gasteiger charge is 2.21. The van der Waals surface area contributed by atoms with Gasteiger partial charge in [-0.1, -0.05) is 17.7 Å². The Kier molecular flexibility index (Phi) is 8.16. The predicted molar refractivity (Wildman–Crippen MR) is 128 cm³/mol. The number of benzene rings is 2. The Morgan fingerprint density at radius 2 is 1.94 bits per heavy atom. The van der Waals surface area contributed by atoms with Crippen molar-refractivity contribution in [1.82, 2.24) is 9.62 Å². The Labute approximate surface area is 206 Å². The smallest absolute Gasteiger partial charge is 0.414 e. The normalized spacial score (nSPS) is 11.6. The molecule has 3 aromatic rings. The van der Waals surface area contributed by atoms with Crippen molar-refractivity contribution < 1.29 is 31.5 Å². The zero-order valence-corrected chi connectivity index (χ0v) is 21.0. The Morgan fingerprint density at radius 3 is 2.60 bits per heavy atom. The number of rotatable bonds is 8. The molecule has 0 aliphatic carbocycles. The van der Waals surface area contributed by atoms with Gasteiger partial charge in [0.2, 0.25) is 10.0 Å². The van der Waals surface area contributed by atoms with Crippen LogP contribution in [0, 0.1) is 12.7 Å². The molecule has 35 heavy (non-hydrogen) atoms. The predicted octanol–water partition coefficient (Wildman–Crippen LogP) is 3.47. The molecular formula is C23H24ClFN2O7S. The molecule has 0 radical (unpaired) electrons. The molecule has 0 spiro atoms. The van der Waals surface area contributed by atoms with Gasteiger partial charge in [0.1, 0.15) is 16.3 Å². The molecule has 0 saturated carbocycles. The lowest BCUT2D eigenvalue weighted by atomic mass is 9.99. The van der Waals surface area contributed by atoms with Crippen LogP contribution in [0.4, 0.5) is 9.18 Å². The molecular weight excluding hydrogens is 503 g/mol. The number of nitrogens with zero attached hydrogens (tertiary/aromatic N) is 1. The summed E-state index contributed by atoms with van der Waals surface area (Å²) in [4.78, 5) is 25.3. The number of nitrogens with one attached hydrogen (secondary N) is 1. The van der Waals surface area contributed by atoms with Crippen LogP contribution in [-0.4, -0.2) is 53.8 Å². The van der Waals surface area contributed by atoms with E-state index >= 15 is 0 Å². The number of ether oxygens (including phenoxy) is 2. The highest BCUT2D eigenvalue weighted by Crippen LogP contribution is 2.32. The number of sulfonamides is 1. The molecule has 188 valence electrons. The van der Waals surface area contributed by atoms with Crippen LogP contribution in [-0.2, 0) is 21.2 Å². The molecule has 0 aliphatic heterocycles. The first-order chi connectivity index (χ1) is 16.4. The second-order valence-corrected chi connectivity index (χ2v) is 10.0. The summed E-state index contributed by atoms with van der Waals surface area (Å²) >= 11 is 6.28. The van der Waals surface area contributed by atoms with Crippen LogP contribution >= 0.6 is 11.6 Å². The topological polar surface area (TPSA) is 115 Å². The first kappa shape index (κ1) is 26.6. The minimum absolute atomic E-state index is 0.0139. The van der Waals surface area contributed by atoms with Crippen molar-refractivity contribution in [2.24, 2.45) is 0 Å². The standard InChI is InChI=1S/C23H24ClFN2O7S/c1-13-15-11-17(24)20(34-23(29)27(2)3)12-19(15)33-22(28)16(13)9-14-5-6-18(25)21(10-14)35(30,31)26-7-8-32-4/h5-6,10-12,26H,7-9H2,1-4H3. The van der Waals surface area contributed by atoms with E-state index in [0.717, 1.165) is 6.07 Å². The molecule has 9 nitrogen and oxygen atoms in total. The number of halogens is 2. The number of hydrogen-bond acceptors (Lipinski definition) is 7. The summed E-state index contributed by atoms with van der Waals surface area (Å²) in [6, 6.07) is 6.46. The number of fused-ring (bicyclic) bond motifs is 1. The number of carbonyl (C=O) groups excluding carboxylic acids is 1. The molecule has 3 rings (SSSR count). The molecule has 12 heteroatoms. The van der Waals surface area contributed by atoms with E-state index in [4.69, 9.17) is 25.5 Å². The largest absolute Gasteiger partial charge is 0.422 e. The monoisotopic (exact) mass is 526 g/mol. The van der Waals surface area contributed by atoms with Crippen LogP contribution in [0.2, 0.25) is 5.02 Å². The summed E-state index contributed by atoms with van der Waals surface area (Å²) in [6.07, 6.45) is -0.666. The average molecular weight is 527 g/mol. The van der Waals surface area contributed by atoms with Gasteiger partial charge in [-0.15, -0.1) is 0 Å². The maximum atomic E-state index is 14.3. The Morgan fingerprint density at radius 1 is 1.23 bits per heavy atom. The fourth-order valence-corrected chi connectivity index (χ4v) is 4.62. The number of aryl methyl sites for hydroxylation is 1. The number of carbonyl (C=O) groups is 1. The third-order valence-corrected chi connectivity index (χ3v) is 6.94. The van der Waals surface area contributed by atoms with Gasteiger partial charge < -0.3 is 18.8 Å². The molecule has 0 fully saturated rings. The second kappa shape index (κ2) is 10.7. The first-order valence-corrected chi connectivity index (χ1v) is 12.2. The lowest BCUT2D eigenvalue weighted by molar-refractivity contribution is 0.172. The summed E-state index contributed by atoms with van der Waals surface area (Å²) in [5.41, 5.74) is 0.654. The van der Waals surface area contributed by atoms with Gasteiger partial charge in [0.15, 0.2) is 5.75 Å². The summed E-state index contributed by atoms with van der Waals surface area (Å²) in [5, 5.41) is 0.637. The van der Waals surface area contributed by atoms with Crippen molar-refractivity contribution in [3.63, 3.8) is 0 Å². The lowest BCUT2D eigenvalue weighted by Crippen LogP contribution is -2.28. The van der Waals surface area contributed by atoms with Gasteiger partial charge in [-0.25, -0.2) is 27.1 Å². The quantitative estimate of drug-likeness (QED) is 0.353. The summed E-state index contributed by atoms with van der Waals surface area (Å²) in [7, 11) is 0.305. The van der Waals surface area contributed by atoms with Crippen molar-refractivity contribution >= 4 is 38.7 Å². The van der Waals surface area contributed by atoms with Crippen molar-refractivity contribution in [3.8, 4) is 5.75 Å². The maximum Gasteiger partial charge on any atom is 0.414 e. The van der Waals surface area contributed by atoms with Crippen LogP contribution in [0.1, 0.15) is 16.7 Å². The van der Waals surface area contributed by atoms with E-state index in [2.05, 4.69) is 4.72 Å². The van der Waals surface area contributed by atoms with E-state index < -0.39 is 32.5 Å². The molecule has 2 aromatic carbocycles. The number of methoxy groups -OCH3 is 1. The van der Waals surface area contributed by atoms with Crippen molar-refractivity contribution in [3.05, 3.63) is 68.3 Å². The fraction of sp³-hybridized carbons (Fsp3) is 0.304. The third-order valence-electron chi connectivity index (χ3n) is 5.17. The van der Waals surface area contributed by atoms with Crippen LogP contribution in [0.3, 0.4) is 0 Å². The Bertz CT molecular complexity index is 1440. The zero-order chi connectivity index (χ0) is 25.9. The fourth-order valence-electron chi connectivity index (χ4n) is 3.28. The molecule has 1 heterocycles. The van der Waals surface area contributed by atoms with Crippen LogP contribution in [0.5, 0.6) is 5.75 Å². The molecule has 1 aromatic heterocycles. The van der Waals surface area contributed by atoms with Gasteiger partial charge in [-0.2, -0.15) is 0 Å². The summed E-state index contributed by atoms with van der Waals surface area (Å²) < 4.78 is 57.0. The number of hydrogen-bond donors (Lipinski definition) is 1. The number of amides is 1. The summed E-state index contributed by atoms with van der Waals surface area (Å²) in [6.45, 7) is 1.78. The first-order valence-electron chi connectivity index (χ1n) is 10.4. The molecule has 0 bridgehead atoms. The average Bonchev–Trinajstić information content (AvgIpc) is 2.78. The van der Waals surface area contributed by atoms with Crippen LogP contribution in [0.15, 0.2) is 44.4 Å².